The van der Waals surface area contributed by atoms with Gasteiger partial charge in [-0.25, -0.2) is 0 Å². The van der Waals surface area contributed by atoms with Gasteiger partial charge in [-0.05, 0) is 26.3 Å². The van der Waals surface area contributed by atoms with Gasteiger partial charge in [0, 0.05) is 13.1 Å². The van der Waals surface area contributed by atoms with Gasteiger partial charge in [0.15, 0.2) is 0 Å². The molecule has 0 aromatic rings. The SMILES string of the molecule is CCCNCC(=O)N1CC=C(C)CC1. The first kappa shape index (κ1) is 11.2. The second-order valence-electron chi connectivity index (χ2n) is 3.82. The number of amides is 1. The maximum Gasteiger partial charge on any atom is 0.236 e. The van der Waals surface area contributed by atoms with Crippen LogP contribution in [0.3, 0.4) is 0 Å². The van der Waals surface area contributed by atoms with Crippen molar-refractivity contribution in [2.45, 2.75) is 26.7 Å². The maximum absolute atomic E-state index is 11.6. The third kappa shape index (κ3) is 3.50. The fourth-order valence-electron chi connectivity index (χ4n) is 1.48. The summed E-state index contributed by atoms with van der Waals surface area (Å²) in [6, 6.07) is 0. The second kappa shape index (κ2) is 5.81. The molecular formula is C11H20N2O. The Morgan fingerprint density at radius 3 is 3.00 bits per heavy atom. The average Bonchev–Trinajstić information content (AvgIpc) is 2.19. The third-order valence-corrected chi connectivity index (χ3v) is 2.49. The van der Waals surface area contributed by atoms with Crippen molar-refractivity contribution >= 4 is 5.91 Å². The predicted octanol–water partition coefficient (Wildman–Crippen LogP) is 1.16. The van der Waals surface area contributed by atoms with E-state index in [9.17, 15) is 4.79 Å². The topological polar surface area (TPSA) is 32.3 Å². The number of hydrogen-bond donors (Lipinski definition) is 1. The molecule has 1 aliphatic heterocycles. The summed E-state index contributed by atoms with van der Waals surface area (Å²) < 4.78 is 0. The smallest absolute Gasteiger partial charge is 0.236 e. The standard InChI is InChI=1S/C11H20N2O/c1-3-6-12-9-11(14)13-7-4-10(2)5-8-13/h4,12H,3,5-9H2,1-2H3. The summed E-state index contributed by atoms with van der Waals surface area (Å²) in [5, 5.41) is 3.13. The van der Waals surface area contributed by atoms with Crippen LogP contribution in [0.25, 0.3) is 0 Å². The summed E-state index contributed by atoms with van der Waals surface area (Å²) in [7, 11) is 0. The fourth-order valence-corrected chi connectivity index (χ4v) is 1.48. The van der Waals surface area contributed by atoms with Crippen molar-refractivity contribution in [1.29, 1.82) is 0 Å². The lowest BCUT2D eigenvalue weighted by molar-refractivity contribution is -0.129. The molecule has 0 radical (unpaired) electrons. The van der Waals surface area contributed by atoms with Gasteiger partial charge in [0.25, 0.3) is 0 Å². The first-order valence-corrected chi connectivity index (χ1v) is 5.38. The molecule has 1 amide bonds. The Bertz CT molecular complexity index is 223. The molecule has 0 saturated carbocycles. The van der Waals surface area contributed by atoms with Gasteiger partial charge < -0.3 is 10.2 Å². The highest BCUT2D eigenvalue weighted by atomic mass is 16.2. The molecule has 0 spiro atoms. The van der Waals surface area contributed by atoms with Crippen molar-refractivity contribution in [2.24, 2.45) is 0 Å². The third-order valence-electron chi connectivity index (χ3n) is 2.49. The first-order chi connectivity index (χ1) is 6.74. The number of nitrogens with zero attached hydrogens (tertiary/aromatic N) is 1. The van der Waals surface area contributed by atoms with E-state index in [1.807, 2.05) is 4.90 Å². The van der Waals surface area contributed by atoms with E-state index in [4.69, 9.17) is 0 Å². The number of hydrogen-bond acceptors (Lipinski definition) is 2. The van der Waals surface area contributed by atoms with Gasteiger partial charge in [0.1, 0.15) is 0 Å². The summed E-state index contributed by atoms with van der Waals surface area (Å²) in [6.07, 6.45) is 4.24. The minimum Gasteiger partial charge on any atom is -0.338 e. The molecule has 0 bridgehead atoms. The highest BCUT2D eigenvalue weighted by Gasteiger charge is 2.14. The molecule has 80 valence electrons. The maximum atomic E-state index is 11.6. The van der Waals surface area contributed by atoms with Crippen LogP contribution in [0.15, 0.2) is 11.6 Å². The van der Waals surface area contributed by atoms with Crippen molar-refractivity contribution in [3.8, 4) is 0 Å². The predicted molar refractivity (Wildman–Crippen MR) is 58.1 cm³/mol. The molecule has 3 heteroatoms. The molecule has 0 saturated heterocycles. The summed E-state index contributed by atoms with van der Waals surface area (Å²) in [5.41, 5.74) is 1.40. The molecule has 0 atom stereocenters. The lowest BCUT2D eigenvalue weighted by atomic mass is 10.1. The normalized spacial score (nSPS) is 16.7. The quantitative estimate of drug-likeness (QED) is 0.540. The molecule has 1 heterocycles. The van der Waals surface area contributed by atoms with Crippen LogP contribution < -0.4 is 5.32 Å². The van der Waals surface area contributed by atoms with Crippen molar-refractivity contribution in [2.75, 3.05) is 26.2 Å². The largest absolute Gasteiger partial charge is 0.338 e. The van der Waals surface area contributed by atoms with E-state index in [2.05, 4.69) is 25.2 Å². The second-order valence-corrected chi connectivity index (χ2v) is 3.82. The van der Waals surface area contributed by atoms with Gasteiger partial charge in [0.05, 0.1) is 6.54 Å². The van der Waals surface area contributed by atoms with Gasteiger partial charge in [-0.15, -0.1) is 0 Å². The zero-order valence-electron chi connectivity index (χ0n) is 9.18. The molecule has 0 aromatic carbocycles. The molecule has 3 nitrogen and oxygen atoms in total. The summed E-state index contributed by atoms with van der Waals surface area (Å²) in [5.74, 6) is 0.224. The van der Waals surface area contributed by atoms with Crippen LogP contribution in [0, 0.1) is 0 Å². The van der Waals surface area contributed by atoms with Crippen molar-refractivity contribution < 1.29 is 4.79 Å². The number of nitrogens with one attached hydrogen (secondary N) is 1. The highest BCUT2D eigenvalue weighted by molar-refractivity contribution is 5.78. The molecular weight excluding hydrogens is 176 g/mol. The van der Waals surface area contributed by atoms with Gasteiger partial charge in [0.2, 0.25) is 5.91 Å². The lowest BCUT2D eigenvalue weighted by Gasteiger charge is -2.25. The monoisotopic (exact) mass is 196 g/mol. The van der Waals surface area contributed by atoms with E-state index in [1.54, 1.807) is 0 Å². The summed E-state index contributed by atoms with van der Waals surface area (Å²) >= 11 is 0. The first-order valence-electron chi connectivity index (χ1n) is 5.38. The van der Waals surface area contributed by atoms with Crippen LogP contribution in [-0.4, -0.2) is 37.0 Å². The van der Waals surface area contributed by atoms with E-state index in [1.165, 1.54) is 5.57 Å². The van der Waals surface area contributed by atoms with Gasteiger partial charge in [-0.1, -0.05) is 18.6 Å². The van der Waals surface area contributed by atoms with Gasteiger partial charge in [-0.2, -0.15) is 0 Å². The average molecular weight is 196 g/mol. The Kier molecular flexibility index (Phi) is 4.66. The van der Waals surface area contributed by atoms with Crippen LogP contribution in [0.1, 0.15) is 26.7 Å². The van der Waals surface area contributed by atoms with Crippen LogP contribution >= 0.6 is 0 Å². The molecule has 1 aliphatic rings. The van der Waals surface area contributed by atoms with Crippen LogP contribution in [0.2, 0.25) is 0 Å². The summed E-state index contributed by atoms with van der Waals surface area (Å²) in [4.78, 5) is 13.5. The fraction of sp³-hybridized carbons (Fsp3) is 0.727. The van der Waals surface area contributed by atoms with E-state index in [0.717, 1.165) is 32.5 Å². The minimum absolute atomic E-state index is 0.224. The van der Waals surface area contributed by atoms with Crippen LogP contribution in [0.4, 0.5) is 0 Å². The van der Waals surface area contributed by atoms with Gasteiger partial charge >= 0.3 is 0 Å². The Balaban J connectivity index is 2.25. The highest BCUT2D eigenvalue weighted by Crippen LogP contribution is 2.08. The molecule has 0 aromatic heterocycles. The molecule has 0 unspecified atom stereocenters. The summed E-state index contributed by atoms with van der Waals surface area (Å²) in [6.45, 7) is 7.31. The van der Waals surface area contributed by atoms with E-state index >= 15 is 0 Å². The van der Waals surface area contributed by atoms with E-state index in [0.29, 0.717) is 6.54 Å². The zero-order valence-corrected chi connectivity index (χ0v) is 9.18. The van der Waals surface area contributed by atoms with E-state index < -0.39 is 0 Å². The lowest BCUT2D eigenvalue weighted by Crippen LogP contribution is -2.40. The molecule has 1 N–H and O–H groups in total. The Morgan fingerprint density at radius 1 is 1.64 bits per heavy atom. The Hall–Kier alpha value is -0.830. The van der Waals surface area contributed by atoms with Gasteiger partial charge in [-0.3, -0.25) is 4.79 Å². The number of carbonyl (C=O) groups excluding carboxylic acids is 1. The van der Waals surface area contributed by atoms with E-state index in [-0.39, 0.29) is 5.91 Å². The van der Waals surface area contributed by atoms with Crippen LogP contribution in [-0.2, 0) is 4.79 Å². The Morgan fingerprint density at radius 2 is 2.43 bits per heavy atom. The Labute approximate surface area is 86.2 Å². The molecule has 14 heavy (non-hydrogen) atoms. The number of rotatable bonds is 4. The zero-order chi connectivity index (χ0) is 10.4. The minimum atomic E-state index is 0.224. The molecule has 0 fully saturated rings. The van der Waals surface area contributed by atoms with Crippen LogP contribution in [0.5, 0.6) is 0 Å². The van der Waals surface area contributed by atoms with Crippen molar-refractivity contribution in [1.82, 2.24) is 10.2 Å². The number of carbonyl (C=O) groups is 1. The van der Waals surface area contributed by atoms with Crippen molar-refractivity contribution in [3.05, 3.63) is 11.6 Å². The molecule has 1 rings (SSSR count). The van der Waals surface area contributed by atoms with Crippen molar-refractivity contribution in [3.63, 3.8) is 0 Å². The molecule has 0 aliphatic carbocycles.